The van der Waals surface area contributed by atoms with Gasteiger partial charge in [0.1, 0.15) is 6.04 Å². The lowest BCUT2D eigenvalue weighted by atomic mass is 9.90. The number of allylic oxidation sites excluding steroid dienone is 1. The molecule has 6 heteroatoms. The van der Waals surface area contributed by atoms with Crippen molar-refractivity contribution >= 4 is 22.8 Å². The second-order valence-corrected chi connectivity index (χ2v) is 8.25. The Morgan fingerprint density at radius 1 is 1.26 bits per heavy atom. The van der Waals surface area contributed by atoms with Gasteiger partial charge >= 0.3 is 5.97 Å². The van der Waals surface area contributed by atoms with Gasteiger partial charge in [-0.3, -0.25) is 14.9 Å². The molecule has 2 heterocycles. The van der Waals surface area contributed by atoms with Crippen molar-refractivity contribution in [3.63, 3.8) is 0 Å². The molecule has 1 saturated carbocycles. The first-order valence-corrected chi connectivity index (χ1v) is 10.8. The summed E-state index contributed by atoms with van der Waals surface area (Å²) in [6.07, 6.45) is 8.36. The van der Waals surface area contributed by atoms with Gasteiger partial charge in [0.2, 0.25) is 0 Å². The number of methoxy groups -OCH3 is 1. The van der Waals surface area contributed by atoms with Gasteiger partial charge in [-0.2, -0.15) is 0 Å². The highest BCUT2D eigenvalue weighted by Gasteiger charge is 2.34. The van der Waals surface area contributed by atoms with Crippen molar-refractivity contribution in [3.8, 4) is 0 Å². The van der Waals surface area contributed by atoms with E-state index >= 15 is 0 Å². The lowest BCUT2D eigenvalue weighted by Crippen LogP contribution is -2.45. The second-order valence-electron chi connectivity index (χ2n) is 8.25. The third-order valence-electron chi connectivity index (χ3n) is 6.07. The number of benzene rings is 1. The number of aromatic amines is 1. The van der Waals surface area contributed by atoms with E-state index in [0.29, 0.717) is 17.9 Å². The van der Waals surface area contributed by atoms with E-state index in [1.807, 2.05) is 31.2 Å². The Bertz CT molecular complexity index is 1070. The van der Waals surface area contributed by atoms with E-state index < -0.39 is 6.04 Å². The van der Waals surface area contributed by atoms with E-state index in [1.165, 1.54) is 20.0 Å². The number of nitrogens with one attached hydrogen (secondary N) is 3. The first-order chi connectivity index (χ1) is 15.0. The van der Waals surface area contributed by atoms with Crippen molar-refractivity contribution in [2.45, 2.75) is 38.3 Å². The monoisotopic (exact) mass is 419 g/mol. The fourth-order valence-corrected chi connectivity index (χ4v) is 4.08. The molecule has 1 aliphatic carbocycles. The van der Waals surface area contributed by atoms with Gasteiger partial charge in [-0.05, 0) is 49.0 Å². The standard InChI is InChI=1S/C25H29N3O3/c1-4-17(24(29)26-14-16-10-11-16)12-9-15(2)22-23-19(13-21(28-22)25(30)31-3)18-7-5-6-8-20(18)27-23/h4-9,12,16,21-22,27-28H,2,10-11,13-14H2,1,3H3,(H,26,29)/b12-9-,17-4+/t21-,22+/m1/s1. The average molecular weight is 420 g/mol. The lowest BCUT2D eigenvalue weighted by Gasteiger charge is -2.30. The van der Waals surface area contributed by atoms with Crippen molar-refractivity contribution < 1.29 is 14.3 Å². The van der Waals surface area contributed by atoms with Gasteiger partial charge in [0.25, 0.3) is 5.91 Å². The van der Waals surface area contributed by atoms with Crippen molar-refractivity contribution in [1.82, 2.24) is 15.6 Å². The van der Waals surface area contributed by atoms with Crippen LogP contribution in [0.1, 0.15) is 37.1 Å². The summed E-state index contributed by atoms with van der Waals surface area (Å²) >= 11 is 0. The first kappa shape index (κ1) is 21.1. The SMILES string of the molecule is C=C(/C=C\C(=C/C)C(=O)NCC1CC1)[C@@H]1N[C@@H](C(=O)OC)Cc2c1[nH]c1ccccc21. The van der Waals surface area contributed by atoms with Crippen LogP contribution in [0.4, 0.5) is 0 Å². The molecule has 1 aliphatic heterocycles. The number of fused-ring (bicyclic) bond motifs is 3. The van der Waals surface area contributed by atoms with Gasteiger partial charge in [0.05, 0.1) is 13.2 Å². The summed E-state index contributed by atoms with van der Waals surface area (Å²) in [4.78, 5) is 28.3. The molecule has 4 rings (SSSR count). The Morgan fingerprint density at radius 2 is 2.03 bits per heavy atom. The number of hydrogen-bond acceptors (Lipinski definition) is 4. The molecule has 1 amide bonds. The maximum Gasteiger partial charge on any atom is 0.323 e. The molecule has 0 bridgehead atoms. The largest absolute Gasteiger partial charge is 0.468 e. The number of carbonyl (C=O) groups excluding carboxylic acids is 2. The Labute approximate surface area is 182 Å². The Morgan fingerprint density at radius 3 is 2.74 bits per heavy atom. The van der Waals surface area contributed by atoms with Crippen molar-refractivity contribution in [3.05, 3.63) is 71.5 Å². The van der Waals surface area contributed by atoms with E-state index in [4.69, 9.17) is 4.74 Å². The van der Waals surface area contributed by atoms with Crippen LogP contribution in [-0.4, -0.2) is 36.6 Å². The molecule has 162 valence electrons. The molecule has 2 aliphatic rings. The topological polar surface area (TPSA) is 83.2 Å². The minimum atomic E-state index is -0.463. The number of carbonyl (C=O) groups is 2. The van der Waals surface area contributed by atoms with Gasteiger partial charge in [-0.25, -0.2) is 0 Å². The zero-order valence-electron chi connectivity index (χ0n) is 18.0. The van der Waals surface area contributed by atoms with Gasteiger partial charge < -0.3 is 15.0 Å². The van der Waals surface area contributed by atoms with Crippen LogP contribution >= 0.6 is 0 Å². The third kappa shape index (κ3) is 4.49. The summed E-state index contributed by atoms with van der Waals surface area (Å²) in [6.45, 7) is 6.82. The van der Waals surface area contributed by atoms with Gasteiger partial charge in [0, 0.05) is 35.1 Å². The van der Waals surface area contributed by atoms with E-state index in [1.54, 1.807) is 12.2 Å². The number of aromatic nitrogens is 1. The summed E-state index contributed by atoms with van der Waals surface area (Å²) in [5, 5.41) is 7.45. The Balaban J connectivity index is 1.58. The highest BCUT2D eigenvalue weighted by molar-refractivity contribution is 5.96. The number of rotatable bonds is 7. The molecule has 2 aromatic rings. The number of amides is 1. The highest BCUT2D eigenvalue weighted by atomic mass is 16.5. The van der Waals surface area contributed by atoms with Crippen LogP contribution in [0.5, 0.6) is 0 Å². The molecule has 3 N–H and O–H groups in total. The normalized spacial score (nSPS) is 21.2. The van der Waals surface area contributed by atoms with Crippen LogP contribution in [0, 0.1) is 5.92 Å². The number of para-hydroxylation sites is 1. The fourth-order valence-electron chi connectivity index (χ4n) is 4.08. The molecule has 1 fully saturated rings. The van der Waals surface area contributed by atoms with Crippen LogP contribution < -0.4 is 10.6 Å². The van der Waals surface area contributed by atoms with Gasteiger partial charge in [-0.1, -0.05) is 36.9 Å². The van der Waals surface area contributed by atoms with Crippen molar-refractivity contribution in [2.75, 3.05) is 13.7 Å². The molecule has 1 aromatic heterocycles. The van der Waals surface area contributed by atoms with E-state index in [9.17, 15) is 9.59 Å². The molecule has 1 aromatic carbocycles. The Kier molecular flexibility index (Phi) is 6.09. The molecule has 0 saturated heterocycles. The average Bonchev–Trinajstić information content (AvgIpc) is 3.55. The summed E-state index contributed by atoms with van der Waals surface area (Å²) in [7, 11) is 1.40. The van der Waals surface area contributed by atoms with E-state index in [0.717, 1.165) is 34.3 Å². The maximum absolute atomic E-state index is 12.4. The summed E-state index contributed by atoms with van der Waals surface area (Å²) in [5.41, 5.74) is 4.47. The van der Waals surface area contributed by atoms with Crippen LogP contribution in [-0.2, 0) is 20.7 Å². The molecule has 6 nitrogen and oxygen atoms in total. The second kappa shape index (κ2) is 8.94. The van der Waals surface area contributed by atoms with E-state index in [-0.39, 0.29) is 17.9 Å². The Hall–Kier alpha value is -3.12. The van der Waals surface area contributed by atoms with Crippen LogP contribution in [0.15, 0.2) is 60.2 Å². The summed E-state index contributed by atoms with van der Waals surface area (Å²) in [5.74, 6) is 0.253. The minimum Gasteiger partial charge on any atom is -0.468 e. The molecule has 0 unspecified atom stereocenters. The number of ether oxygens (including phenoxy) is 1. The van der Waals surface area contributed by atoms with Crippen LogP contribution in [0.3, 0.4) is 0 Å². The number of H-pyrrole nitrogens is 1. The smallest absolute Gasteiger partial charge is 0.323 e. The predicted octanol–water partition coefficient (Wildman–Crippen LogP) is 3.48. The third-order valence-corrected chi connectivity index (χ3v) is 6.07. The van der Waals surface area contributed by atoms with Crippen molar-refractivity contribution in [1.29, 1.82) is 0 Å². The van der Waals surface area contributed by atoms with Crippen LogP contribution in [0.25, 0.3) is 10.9 Å². The van der Waals surface area contributed by atoms with Gasteiger partial charge in [-0.15, -0.1) is 0 Å². The zero-order chi connectivity index (χ0) is 22.0. The maximum atomic E-state index is 12.4. The minimum absolute atomic E-state index is 0.0752. The fraction of sp³-hybridized carbons (Fsp3) is 0.360. The summed E-state index contributed by atoms with van der Waals surface area (Å²) < 4.78 is 5.00. The predicted molar refractivity (Wildman–Crippen MR) is 121 cm³/mol. The molecular weight excluding hydrogens is 390 g/mol. The van der Waals surface area contributed by atoms with Gasteiger partial charge in [0.15, 0.2) is 0 Å². The highest BCUT2D eigenvalue weighted by Crippen LogP contribution is 2.35. The summed E-state index contributed by atoms with van der Waals surface area (Å²) in [6, 6.07) is 7.31. The lowest BCUT2D eigenvalue weighted by molar-refractivity contribution is -0.143. The van der Waals surface area contributed by atoms with Crippen LogP contribution in [0.2, 0.25) is 0 Å². The molecule has 0 radical (unpaired) electrons. The molecule has 0 spiro atoms. The number of esters is 1. The number of hydrogen-bond donors (Lipinski definition) is 3. The molecular formula is C25H29N3O3. The quantitative estimate of drug-likeness (QED) is 0.365. The molecule has 31 heavy (non-hydrogen) atoms. The molecule has 2 atom stereocenters. The zero-order valence-corrected chi connectivity index (χ0v) is 18.0. The first-order valence-electron chi connectivity index (χ1n) is 10.8. The van der Waals surface area contributed by atoms with E-state index in [2.05, 4.69) is 28.3 Å². The van der Waals surface area contributed by atoms with Crippen molar-refractivity contribution in [2.24, 2.45) is 5.92 Å².